The highest BCUT2D eigenvalue weighted by molar-refractivity contribution is 6.16. The van der Waals surface area contributed by atoms with Crippen molar-refractivity contribution in [2.75, 3.05) is 21.3 Å². The van der Waals surface area contributed by atoms with Gasteiger partial charge in [-0.1, -0.05) is 24.3 Å². The Hall–Kier alpha value is -2.85. The minimum atomic E-state index is 0.164. The molecule has 2 fully saturated rings. The molecule has 144 valence electrons. The van der Waals surface area contributed by atoms with E-state index in [1.165, 1.54) is 0 Å². The summed E-state index contributed by atoms with van der Waals surface area (Å²) in [6.45, 7) is 0. The molecule has 28 heavy (non-hydrogen) atoms. The Morgan fingerprint density at radius 1 is 0.786 bits per heavy atom. The van der Waals surface area contributed by atoms with Crippen molar-refractivity contribution in [3.63, 3.8) is 0 Å². The van der Waals surface area contributed by atoms with E-state index in [4.69, 9.17) is 9.47 Å². The van der Waals surface area contributed by atoms with Crippen LogP contribution in [0.15, 0.2) is 59.7 Å². The Morgan fingerprint density at radius 2 is 1.18 bits per heavy atom. The first kappa shape index (κ1) is 18.5. The summed E-state index contributed by atoms with van der Waals surface area (Å²) in [6, 6.07) is 16.0. The van der Waals surface area contributed by atoms with Crippen molar-refractivity contribution < 1.29 is 14.3 Å². The number of hydrogen-bond acceptors (Lipinski definition) is 4. The second kappa shape index (κ2) is 7.64. The molecule has 2 aromatic carbocycles. The molecule has 0 radical (unpaired) electrons. The summed E-state index contributed by atoms with van der Waals surface area (Å²) >= 11 is 0. The smallest absolute Gasteiger partial charge is 0.188 e. The predicted molar refractivity (Wildman–Crippen MR) is 112 cm³/mol. The van der Waals surface area contributed by atoms with Gasteiger partial charge in [-0.25, -0.2) is 0 Å². The normalized spacial score (nSPS) is 24.8. The van der Waals surface area contributed by atoms with Crippen molar-refractivity contribution in [2.24, 2.45) is 0 Å². The van der Waals surface area contributed by atoms with Crippen LogP contribution < -0.4 is 9.47 Å². The molecule has 0 aliphatic carbocycles. The van der Waals surface area contributed by atoms with Crippen LogP contribution in [0.5, 0.6) is 11.5 Å². The van der Waals surface area contributed by atoms with E-state index < -0.39 is 0 Å². The molecule has 4 rings (SSSR count). The standard InChI is InChI=1S/C24H25NO3/c1-25-22-12-13-23(25)21(15-17-6-10-19(28-3)11-7-17)24(26)20(22)14-16-4-8-18(27-2)9-5-16/h4-11,14-15,22-23H,12-13H2,1-3H3/b20-14-,21-15-/t22-,23-/m1/s1. The van der Waals surface area contributed by atoms with Gasteiger partial charge >= 0.3 is 0 Å². The molecule has 2 aliphatic heterocycles. The lowest BCUT2D eigenvalue weighted by Gasteiger charge is -2.34. The fourth-order valence-electron chi connectivity index (χ4n) is 4.24. The number of fused-ring (bicyclic) bond motifs is 2. The van der Waals surface area contributed by atoms with Crippen LogP contribution in [-0.2, 0) is 4.79 Å². The maximum absolute atomic E-state index is 13.4. The summed E-state index contributed by atoms with van der Waals surface area (Å²) in [5.41, 5.74) is 3.79. The molecule has 4 nitrogen and oxygen atoms in total. The third-order valence-corrected chi connectivity index (χ3v) is 5.82. The van der Waals surface area contributed by atoms with Crippen LogP contribution in [0.1, 0.15) is 24.0 Å². The Balaban J connectivity index is 1.70. The first-order valence-corrected chi connectivity index (χ1v) is 9.58. The SMILES string of the molecule is COc1ccc(/C=C2\C(=O)/C(=C\c3ccc(OC)cc3)[C@H]3CC[C@H]2N3C)cc1. The molecular weight excluding hydrogens is 350 g/mol. The summed E-state index contributed by atoms with van der Waals surface area (Å²) in [4.78, 5) is 15.7. The summed E-state index contributed by atoms with van der Waals surface area (Å²) in [7, 11) is 5.43. The van der Waals surface area contributed by atoms with Crippen LogP contribution >= 0.6 is 0 Å². The number of methoxy groups -OCH3 is 2. The number of hydrogen-bond donors (Lipinski definition) is 0. The van der Waals surface area contributed by atoms with Crippen LogP contribution in [0.2, 0.25) is 0 Å². The van der Waals surface area contributed by atoms with Crippen LogP contribution in [0.25, 0.3) is 12.2 Å². The summed E-state index contributed by atoms with van der Waals surface area (Å²) in [5.74, 6) is 1.79. The van der Waals surface area contributed by atoms with Gasteiger partial charge < -0.3 is 9.47 Å². The number of nitrogens with zero attached hydrogens (tertiary/aromatic N) is 1. The van der Waals surface area contributed by atoms with Crippen molar-refractivity contribution in [2.45, 2.75) is 24.9 Å². The maximum Gasteiger partial charge on any atom is 0.188 e. The monoisotopic (exact) mass is 375 g/mol. The van der Waals surface area contributed by atoms with Crippen molar-refractivity contribution >= 4 is 17.9 Å². The van der Waals surface area contributed by atoms with E-state index in [1.54, 1.807) is 14.2 Å². The average molecular weight is 375 g/mol. The molecule has 0 amide bonds. The number of ether oxygens (including phenoxy) is 2. The highest BCUT2D eigenvalue weighted by Crippen LogP contribution is 2.40. The zero-order valence-electron chi connectivity index (χ0n) is 16.5. The second-order valence-corrected chi connectivity index (χ2v) is 7.35. The number of carbonyl (C=O) groups excluding carboxylic acids is 1. The van der Waals surface area contributed by atoms with Gasteiger partial charge in [-0.15, -0.1) is 0 Å². The molecular formula is C24H25NO3. The third-order valence-electron chi connectivity index (χ3n) is 5.82. The number of likely N-dealkylation sites (N-methyl/N-ethyl adjacent to an activating group) is 1. The number of Topliss-reactive ketones (excluding diaryl/α,β-unsaturated/α-hetero) is 1. The number of ketones is 1. The highest BCUT2D eigenvalue weighted by Gasteiger charge is 2.44. The summed E-state index contributed by atoms with van der Waals surface area (Å²) in [6.07, 6.45) is 6.09. The molecule has 0 N–H and O–H groups in total. The molecule has 4 heteroatoms. The number of piperidine rings is 1. The second-order valence-electron chi connectivity index (χ2n) is 7.35. The average Bonchev–Trinajstić information content (AvgIpc) is 3.04. The molecule has 0 unspecified atom stereocenters. The fourth-order valence-corrected chi connectivity index (χ4v) is 4.24. The van der Waals surface area contributed by atoms with Crippen LogP contribution in [0.3, 0.4) is 0 Å². The number of carbonyl (C=O) groups is 1. The Morgan fingerprint density at radius 3 is 1.54 bits per heavy atom. The molecule has 0 saturated carbocycles. The van der Waals surface area contributed by atoms with Crippen LogP contribution in [0.4, 0.5) is 0 Å². The van der Waals surface area contributed by atoms with E-state index in [0.29, 0.717) is 0 Å². The Kier molecular flexibility index (Phi) is 5.05. The molecule has 2 bridgehead atoms. The minimum absolute atomic E-state index is 0.164. The molecule has 2 aromatic rings. The number of rotatable bonds is 4. The quantitative estimate of drug-likeness (QED) is 0.750. The number of benzene rings is 2. The lowest BCUT2D eigenvalue weighted by atomic mass is 9.88. The minimum Gasteiger partial charge on any atom is -0.497 e. The summed E-state index contributed by atoms with van der Waals surface area (Å²) in [5, 5.41) is 0. The molecule has 2 saturated heterocycles. The van der Waals surface area contributed by atoms with Gasteiger partial charge in [-0.2, -0.15) is 0 Å². The zero-order valence-corrected chi connectivity index (χ0v) is 16.5. The van der Waals surface area contributed by atoms with E-state index in [1.807, 2.05) is 60.7 Å². The van der Waals surface area contributed by atoms with E-state index in [0.717, 1.165) is 46.6 Å². The van der Waals surface area contributed by atoms with Crippen molar-refractivity contribution in [1.82, 2.24) is 4.90 Å². The highest BCUT2D eigenvalue weighted by atomic mass is 16.5. The largest absolute Gasteiger partial charge is 0.497 e. The maximum atomic E-state index is 13.4. The first-order chi connectivity index (χ1) is 13.6. The van der Waals surface area contributed by atoms with E-state index in [-0.39, 0.29) is 17.9 Å². The van der Waals surface area contributed by atoms with Gasteiger partial charge in [-0.3, -0.25) is 9.69 Å². The molecule has 2 atom stereocenters. The lowest BCUT2D eigenvalue weighted by Crippen LogP contribution is -2.43. The summed E-state index contributed by atoms with van der Waals surface area (Å²) < 4.78 is 10.5. The van der Waals surface area contributed by atoms with Crippen molar-refractivity contribution in [1.29, 1.82) is 0 Å². The van der Waals surface area contributed by atoms with Gasteiger partial charge in [0.2, 0.25) is 0 Å². The van der Waals surface area contributed by atoms with Gasteiger partial charge in [-0.05, 0) is 67.4 Å². The van der Waals surface area contributed by atoms with Crippen molar-refractivity contribution in [3.05, 3.63) is 70.8 Å². The van der Waals surface area contributed by atoms with Gasteiger partial charge in [0.05, 0.1) is 14.2 Å². The molecule has 2 heterocycles. The van der Waals surface area contributed by atoms with Gasteiger partial charge in [0.1, 0.15) is 11.5 Å². The van der Waals surface area contributed by atoms with E-state index >= 15 is 0 Å². The Bertz CT molecular complexity index is 850. The van der Waals surface area contributed by atoms with E-state index in [9.17, 15) is 4.79 Å². The van der Waals surface area contributed by atoms with Gasteiger partial charge in [0.15, 0.2) is 5.78 Å². The van der Waals surface area contributed by atoms with Gasteiger partial charge in [0, 0.05) is 23.2 Å². The van der Waals surface area contributed by atoms with Crippen LogP contribution in [0, 0.1) is 0 Å². The first-order valence-electron chi connectivity index (χ1n) is 9.58. The predicted octanol–water partition coefficient (Wildman–Crippen LogP) is 4.22. The van der Waals surface area contributed by atoms with Gasteiger partial charge in [0.25, 0.3) is 0 Å². The zero-order chi connectivity index (χ0) is 19.7. The third kappa shape index (κ3) is 3.36. The fraction of sp³-hybridized carbons (Fsp3) is 0.292. The molecule has 2 aliphatic rings. The molecule has 0 aromatic heterocycles. The Labute approximate surface area is 166 Å². The lowest BCUT2D eigenvalue weighted by molar-refractivity contribution is -0.114. The molecule has 0 spiro atoms. The topological polar surface area (TPSA) is 38.8 Å². The van der Waals surface area contributed by atoms with E-state index in [2.05, 4.69) is 11.9 Å². The van der Waals surface area contributed by atoms with Crippen LogP contribution in [-0.4, -0.2) is 44.0 Å². The van der Waals surface area contributed by atoms with Crippen molar-refractivity contribution in [3.8, 4) is 11.5 Å².